The molecule has 0 amide bonds. The Balaban J connectivity index is 1.58. The number of ether oxygens (including phenoxy) is 1. The minimum absolute atomic E-state index is 0.397. The molecule has 20 heavy (non-hydrogen) atoms. The quantitative estimate of drug-likeness (QED) is 0.867. The lowest BCUT2D eigenvalue weighted by molar-refractivity contribution is 0.163. The van der Waals surface area contributed by atoms with Gasteiger partial charge < -0.3 is 15.4 Å². The fraction of sp³-hybridized carbons (Fsp3) is 0.714. The van der Waals surface area contributed by atoms with E-state index < -0.39 is 0 Å². The molecule has 6 heteroatoms. The second-order valence-electron chi connectivity index (χ2n) is 5.68. The molecule has 6 nitrogen and oxygen atoms in total. The van der Waals surface area contributed by atoms with Crippen LogP contribution in [0.1, 0.15) is 19.3 Å². The van der Waals surface area contributed by atoms with Crippen molar-refractivity contribution in [2.45, 2.75) is 31.3 Å². The van der Waals surface area contributed by atoms with Crippen molar-refractivity contribution < 1.29 is 4.74 Å². The van der Waals surface area contributed by atoms with Crippen LogP contribution in [0.15, 0.2) is 12.4 Å². The van der Waals surface area contributed by atoms with Gasteiger partial charge in [0.2, 0.25) is 5.95 Å². The van der Waals surface area contributed by atoms with E-state index >= 15 is 0 Å². The van der Waals surface area contributed by atoms with Gasteiger partial charge in [0.05, 0.1) is 19.5 Å². The van der Waals surface area contributed by atoms with E-state index in [0.717, 1.165) is 45.0 Å². The van der Waals surface area contributed by atoms with Crippen molar-refractivity contribution >= 4 is 5.95 Å². The Morgan fingerprint density at radius 2 is 1.85 bits per heavy atom. The summed E-state index contributed by atoms with van der Waals surface area (Å²) in [6.45, 7) is 4.30. The van der Waals surface area contributed by atoms with Crippen molar-refractivity contribution in [1.82, 2.24) is 14.9 Å². The number of likely N-dealkylation sites (tertiary alicyclic amines) is 1. The minimum Gasteiger partial charge on any atom is -0.494 e. The molecule has 110 valence electrons. The zero-order valence-electron chi connectivity index (χ0n) is 12.0. The van der Waals surface area contributed by atoms with Gasteiger partial charge in [-0.3, -0.25) is 4.90 Å². The van der Waals surface area contributed by atoms with Gasteiger partial charge in [0.15, 0.2) is 5.75 Å². The highest BCUT2D eigenvalue weighted by Crippen LogP contribution is 2.23. The highest BCUT2D eigenvalue weighted by molar-refractivity contribution is 5.33. The molecule has 3 heterocycles. The number of aromatic nitrogens is 2. The molecule has 1 aromatic rings. The smallest absolute Gasteiger partial charge is 0.225 e. The van der Waals surface area contributed by atoms with Crippen LogP contribution in [0.25, 0.3) is 0 Å². The largest absolute Gasteiger partial charge is 0.494 e. The summed E-state index contributed by atoms with van der Waals surface area (Å²) in [5, 5.41) is 0. The summed E-state index contributed by atoms with van der Waals surface area (Å²) in [5.74, 6) is 1.51. The van der Waals surface area contributed by atoms with Crippen LogP contribution in [0.3, 0.4) is 0 Å². The van der Waals surface area contributed by atoms with Crippen LogP contribution in [0.2, 0.25) is 0 Å². The molecule has 0 bridgehead atoms. The maximum atomic E-state index is 5.97. The number of hydrogen-bond acceptors (Lipinski definition) is 6. The van der Waals surface area contributed by atoms with Gasteiger partial charge in [-0.25, -0.2) is 9.97 Å². The average molecular weight is 277 g/mol. The molecule has 0 spiro atoms. The van der Waals surface area contributed by atoms with Crippen molar-refractivity contribution in [2.75, 3.05) is 38.2 Å². The van der Waals surface area contributed by atoms with Crippen molar-refractivity contribution in [3.05, 3.63) is 12.4 Å². The van der Waals surface area contributed by atoms with Crippen LogP contribution in [0.5, 0.6) is 5.75 Å². The SMILES string of the molecule is COc1cnc(N2CCC(N3CCC(N)CC3)C2)nc1. The fourth-order valence-corrected chi connectivity index (χ4v) is 3.08. The molecule has 3 rings (SSSR count). The minimum atomic E-state index is 0.397. The summed E-state index contributed by atoms with van der Waals surface area (Å²) in [6.07, 6.45) is 6.89. The van der Waals surface area contributed by atoms with E-state index in [1.165, 1.54) is 6.42 Å². The van der Waals surface area contributed by atoms with Crippen molar-refractivity contribution in [3.8, 4) is 5.75 Å². The normalized spacial score (nSPS) is 25.1. The van der Waals surface area contributed by atoms with Gasteiger partial charge in [-0.05, 0) is 32.4 Å². The average Bonchev–Trinajstić information content (AvgIpc) is 2.98. The molecule has 0 aromatic carbocycles. The van der Waals surface area contributed by atoms with Crippen LogP contribution < -0.4 is 15.4 Å². The number of nitrogens with two attached hydrogens (primary N) is 1. The van der Waals surface area contributed by atoms with Crippen LogP contribution in [-0.2, 0) is 0 Å². The van der Waals surface area contributed by atoms with Crippen LogP contribution >= 0.6 is 0 Å². The predicted molar refractivity (Wildman–Crippen MR) is 78.0 cm³/mol. The molecule has 1 unspecified atom stereocenters. The maximum absolute atomic E-state index is 5.97. The Morgan fingerprint density at radius 3 is 2.50 bits per heavy atom. The number of rotatable bonds is 3. The van der Waals surface area contributed by atoms with E-state index in [4.69, 9.17) is 10.5 Å². The zero-order valence-corrected chi connectivity index (χ0v) is 12.0. The third-order valence-electron chi connectivity index (χ3n) is 4.39. The number of hydrogen-bond donors (Lipinski definition) is 1. The standard InChI is InChI=1S/C14H23N5O/c1-20-13-8-16-14(17-9-13)19-7-4-12(10-19)18-5-2-11(15)3-6-18/h8-9,11-12H,2-7,10,15H2,1H3. The van der Waals surface area contributed by atoms with E-state index in [-0.39, 0.29) is 0 Å². The Bertz CT molecular complexity index is 430. The summed E-state index contributed by atoms with van der Waals surface area (Å²) in [5.41, 5.74) is 5.97. The van der Waals surface area contributed by atoms with Gasteiger partial charge >= 0.3 is 0 Å². The summed E-state index contributed by atoms with van der Waals surface area (Å²) in [7, 11) is 1.63. The molecule has 0 saturated carbocycles. The first kappa shape index (κ1) is 13.6. The van der Waals surface area contributed by atoms with Gasteiger partial charge in [-0.15, -0.1) is 0 Å². The zero-order chi connectivity index (χ0) is 13.9. The van der Waals surface area contributed by atoms with Crippen molar-refractivity contribution in [3.63, 3.8) is 0 Å². The molecular weight excluding hydrogens is 254 g/mol. The number of piperidine rings is 1. The maximum Gasteiger partial charge on any atom is 0.225 e. The van der Waals surface area contributed by atoms with E-state index in [2.05, 4.69) is 19.8 Å². The number of nitrogens with zero attached hydrogens (tertiary/aromatic N) is 4. The summed E-state index contributed by atoms with van der Waals surface area (Å²) in [6, 6.07) is 1.02. The second-order valence-corrected chi connectivity index (χ2v) is 5.68. The molecule has 1 atom stereocenters. The Morgan fingerprint density at radius 1 is 1.15 bits per heavy atom. The van der Waals surface area contributed by atoms with Gasteiger partial charge in [0.25, 0.3) is 0 Å². The molecule has 2 aliphatic heterocycles. The Kier molecular flexibility index (Phi) is 4.03. The van der Waals surface area contributed by atoms with E-state index in [0.29, 0.717) is 17.8 Å². The molecule has 0 aliphatic carbocycles. The highest BCUT2D eigenvalue weighted by Gasteiger charge is 2.30. The van der Waals surface area contributed by atoms with E-state index in [9.17, 15) is 0 Å². The summed E-state index contributed by atoms with van der Waals surface area (Å²) < 4.78 is 5.09. The second kappa shape index (κ2) is 5.93. The van der Waals surface area contributed by atoms with E-state index in [1.807, 2.05) is 0 Å². The molecule has 2 saturated heterocycles. The molecular formula is C14H23N5O. The Hall–Kier alpha value is -1.40. The topological polar surface area (TPSA) is 67.5 Å². The fourth-order valence-electron chi connectivity index (χ4n) is 3.08. The predicted octanol–water partition coefficient (Wildman–Crippen LogP) is 0.487. The monoisotopic (exact) mass is 277 g/mol. The molecule has 0 radical (unpaired) electrons. The van der Waals surface area contributed by atoms with Gasteiger partial charge in [0.1, 0.15) is 0 Å². The molecule has 2 aliphatic rings. The first-order valence-electron chi connectivity index (χ1n) is 7.37. The van der Waals surface area contributed by atoms with Gasteiger partial charge in [0, 0.05) is 25.2 Å². The third-order valence-corrected chi connectivity index (χ3v) is 4.39. The highest BCUT2D eigenvalue weighted by atomic mass is 16.5. The lowest BCUT2D eigenvalue weighted by Crippen LogP contribution is -2.46. The van der Waals surface area contributed by atoms with Gasteiger partial charge in [-0.2, -0.15) is 0 Å². The lowest BCUT2D eigenvalue weighted by atomic mass is 10.0. The molecule has 2 fully saturated rings. The third kappa shape index (κ3) is 2.86. The first-order valence-corrected chi connectivity index (χ1v) is 7.37. The van der Waals surface area contributed by atoms with Gasteiger partial charge in [-0.1, -0.05) is 0 Å². The first-order chi connectivity index (χ1) is 9.76. The van der Waals surface area contributed by atoms with Crippen LogP contribution in [0, 0.1) is 0 Å². The number of anilines is 1. The summed E-state index contributed by atoms with van der Waals surface area (Å²) >= 11 is 0. The Labute approximate surface area is 119 Å². The number of methoxy groups -OCH3 is 1. The van der Waals surface area contributed by atoms with Crippen molar-refractivity contribution in [1.29, 1.82) is 0 Å². The van der Waals surface area contributed by atoms with Crippen molar-refractivity contribution in [2.24, 2.45) is 5.73 Å². The molecule has 2 N–H and O–H groups in total. The van der Waals surface area contributed by atoms with E-state index in [1.54, 1.807) is 19.5 Å². The lowest BCUT2D eigenvalue weighted by Gasteiger charge is -2.34. The molecule has 1 aromatic heterocycles. The van der Waals surface area contributed by atoms with Crippen LogP contribution in [-0.4, -0.2) is 60.2 Å². The summed E-state index contributed by atoms with van der Waals surface area (Å²) in [4.78, 5) is 13.6. The van der Waals surface area contributed by atoms with Crippen LogP contribution in [0.4, 0.5) is 5.95 Å².